The molecule has 0 N–H and O–H groups in total. The van der Waals surface area contributed by atoms with Gasteiger partial charge in [0.05, 0.1) is 0 Å². The van der Waals surface area contributed by atoms with Crippen molar-refractivity contribution in [2.75, 3.05) is 0 Å². The van der Waals surface area contributed by atoms with Crippen LogP contribution >= 0.6 is 0 Å². The van der Waals surface area contributed by atoms with Gasteiger partial charge in [0.15, 0.2) is 5.82 Å². The molecule has 2 heteroatoms. The van der Waals surface area contributed by atoms with Gasteiger partial charge in [-0.25, -0.2) is 9.97 Å². The van der Waals surface area contributed by atoms with E-state index in [1.807, 2.05) is 6.07 Å². The number of hydrogen-bond donors (Lipinski definition) is 0. The molecule has 0 radical (unpaired) electrons. The van der Waals surface area contributed by atoms with E-state index in [0.717, 1.165) is 29.8 Å². The predicted octanol–water partition coefficient (Wildman–Crippen LogP) is 4.60. The zero-order chi connectivity index (χ0) is 14.5. The van der Waals surface area contributed by atoms with Crippen LogP contribution in [0.4, 0.5) is 0 Å². The van der Waals surface area contributed by atoms with Gasteiger partial charge >= 0.3 is 0 Å². The van der Waals surface area contributed by atoms with Gasteiger partial charge in [0.25, 0.3) is 0 Å². The zero-order valence-electron chi connectivity index (χ0n) is 12.2. The average molecular weight is 264 g/mol. The summed E-state index contributed by atoms with van der Waals surface area (Å²) in [6.45, 7) is 12.5. The molecule has 0 atom stereocenters. The normalized spacial score (nSPS) is 10.3. The van der Waals surface area contributed by atoms with Gasteiger partial charge in [-0.1, -0.05) is 31.4 Å². The van der Waals surface area contributed by atoms with Crippen LogP contribution in [0.2, 0.25) is 0 Å². The molecule has 2 rings (SSSR count). The molecule has 0 amide bonds. The second-order valence-electron chi connectivity index (χ2n) is 5.08. The van der Waals surface area contributed by atoms with Crippen molar-refractivity contribution in [3.8, 4) is 0 Å². The van der Waals surface area contributed by atoms with Crippen molar-refractivity contribution in [3.05, 3.63) is 72.3 Å². The average Bonchev–Trinajstić information content (AvgIpc) is 2.48. The standard InChI is InChI=1S/C18H20N2/c1-13-8-9-17(12-16(13)4)14(2)6-7-15(3)18-19-10-5-11-20-18/h5,8-12H,2-3,6-7H2,1,4H3. The Morgan fingerprint density at radius 3 is 2.25 bits per heavy atom. The lowest BCUT2D eigenvalue weighted by Gasteiger charge is -2.09. The van der Waals surface area contributed by atoms with Crippen molar-refractivity contribution < 1.29 is 0 Å². The van der Waals surface area contributed by atoms with E-state index in [2.05, 4.69) is 55.2 Å². The number of nitrogens with zero attached hydrogens (tertiary/aromatic N) is 2. The van der Waals surface area contributed by atoms with Crippen molar-refractivity contribution in [1.82, 2.24) is 9.97 Å². The lowest BCUT2D eigenvalue weighted by molar-refractivity contribution is 1.03. The highest BCUT2D eigenvalue weighted by atomic mass is 14.9. The molecule has 0 spiro atoms. The molecule has 102 valence electrons. The van der Waals surface area contributed by atoms with Crippen LogP contribution in [0.3, 0.4) is 0 Å². The van der Waals surface area contributed by atoms with Crippen LogP contribution in [0.1, 0.15) is 35.4 Å². The first kappa shape index (κ1) is 14.2. The molecule has 0 aliphatic heterocycles. The van der Waals surface area contributed by atoms with Crippen LogP contribution in [-0.2, 0) is 0 Å². The molecule has 0 bridgehead atoms. The molecular weight excluding hydrogens is 244 g/mol. The highest BCUT2D eigenvalue weighted by Crippen LogP contribution is 2.24. The third-order valence-corrected chi connectivity index (χ3v) is 3.53. The van der Waals surface area contributed by atoms with Crippen molar-refractivity contribution in [2.45, 2.75) is 26.7 Å². The van der Waals surface area contributed by atoms with E-state index in [0.29, 0.717) is 0 Å². The maximum atomic E-state index is 4.21. The van der Waals surface area contributed by atoms with E-state index in [9.17, 15) is 0 Å². The third kappa shape index (κ3) is 3.41. The molecule has 1 aromatic carbocycles. The molecular formula is C18H20N2. The summed E-state index contributed by atoms with van der Waals surface area (Å²) in [7, 11) is 0. The molecule has 0 saturated carbocycles. The van der Waals surface area contributed by atoms with E-state index >= 15 is 0 Å². The molecule has 0 fully saturated rings. The first-order chi connectivity index (χ1) is 9.58. The van der Waals surface area contributed by atoms with E-state index in [4.69, 9.17) is 0 Å². The Balaban J connectivity index is 1.98. The largest absolute Gasteiger partial charge is 0.237 e. The van der Waals surface area contributed by atoms with Crippen LogP contribution in [0, 0.1) is 13.8 Å². The maximum absolute atomic E-state index is 4.21. The van der Waals surface area contributed by atoms with Crippen LogP contribution in [0.25, 0.3) is 11.1 Å². The quantitative estimate of drug-likeness (QED) is 0.788. The van der Waals surface area contributed by atoms with Gasteiger partial charge in [-0.3, -0.25) is 0 Å². The smallest absolute Gasteiger partial charge is 0.154 e. The van der Waals surface area contributed by atoms with Gasteiger partial charge < -0.3 is 0 Å². The van der Waals surface area contributed by atoms with Crippen molar-refractivity contribution in [3.63, 3.8) is 0 Å². The van der Waals surface area contributed by atoms with Crippen LogP contribution in [-0.4, -0.2) is 9.97 Å². The predicted molar refractivity (Wildman–Crippen MR) is 85.3 cm³/mol. The fraction of sp³-hybridized carbons (Fsp3) is 0.222. The third-order valence-electron chi connectivity index (χ3n) is 3.53. The van der Waals surface area contributed by atoms with E-state index < -0.39 is 0 Å². The highest BCUT2D eigenvalue weighted by Gasteiger charge is 2.05. The Morgan fingerprint density at radius 1 is 0.950 bits per heavy atom. The second-order valence-corrected chi connectivity index (χ2v) is 5.08. The Kier molecular flexibility index (Phi) is 4.46. The number of hydrogen-bond acceptors (Lipinski definition) is 2. The number of rotatable bonds is 5. The van der Waals surface area contributed by atoms with Gasteiger partial charge in [-0.05, 0) is 60.6 Å². The fourth-order valence-electron chi connectivity index (χ4n) is 2.00. The SMILES string of the molecule is C=C(CCC(=C)c1ncccn1)c1ccc(C)c(C)c1. The molecule has 0 aliphatic carbocycles. The Bertz CT molecular complexity index is 627. The summed E-state index contributed by atoms with van der Waals surface area (Å²) >= 11 is 0. The molecule has 20 heavy (non-hydrogen) atoms. The molecule has 2 nitrogen and oxygen atoms in total. The fourth-order valence-corrected chi connectivity index (χ4v) is 2.00. The molecule has 0 saturated heterocycles. The molecule has 1 heterocycles. The lowest BCUT2D eigenvalue weighted by atomic mass is 9.97. The van der Waals surface area contributed by atoms with Gasteiger partial charge in [0.1, 0.15) is 0 Å². The monoisotopic (exact) mass is 264 g/mol. The van der Waals surface area contributed by atoms with E-state index in [1.165, 1.54) is 16.7 Å². The molecule has 2 aromatic rings. The summed E-state index contributed by atoms with van der Waals surface area (Å²) in [6, 6.07) is 8.28. The van der Waals surface area contributed by atoms with Gasteiger partial charge in [0, 0.05) is 12.4 Å². The Labute approximate surface area is 120 Å². The van der Waals surface area contributed by atoms with Crippen LogP contribution in [0.15, 0.2) is 49.8 Å². The number of allylic oxidation sites excluding steroid dienone is 2. The van der Waals surface area contributed by atoms with E-state index in [1.54, 1.807) is 12.4 Å². The molecule has 1 aromatic heterocycles. The molecule has 0 unspecified atom stereocenters. The minimum atomic E-state index is 0.723. The first-order valence-electron chi connectivity index (χ1n) is 6.78. The summed E-state index contributed by atoms with van der Waals surface area (Å²) in [5.41, 5.74) is 5.90. The summed E-state index contributed by atoms with van der Waals surface area (Å²) in [4.78, 5) is 8.43. The van der Waals surface area contributed by atoms with Gasteiger partial charge in [0.2, 0.25) is 0 Å². The summed E-state index contributed by atoms with van der Waals surface area (Å²) < 4.78 is 0. The van der Waals surface area contributed by atoms with Crippen molar-refractivity contribution in [1.29, 1.82) is 0 Å². The minimum absolute atomic E-state index is 0.723. The minimum Gasteiger partial charge on any atom is -0.237 e. The van der Waals surface area contributed by atoms with E-state index in [-0.39, 0.29) is 0 Å². The highest BCUT2D eigenvalue weighted by molar-refractivity contribution is 5.67. The lowest BCUT2D eigenvalue weighted by Crippen LogP contribution is -1.93. The van der Waals surface area contributed by atoms with Crippen LogP contribution < -0.4 is 0 Å². The molecule has 0 aliphatic rings. The summed E-state index contributed by atoms with van der Waals surface area (Å²) in [6.07, 6.45) is 5.19. The summed E-state index contributed by atoms with van der Waals surface area (Å²) in [5.74, 6) is 0.723. The number of aromatic nitrogens is 2. The van der Waals surface area contributed by atoms with Gasteiger partial charge in [-0.15, -0.1) is 0 Å². The number of benzene rings is 1. The second kappa shape index (κ2) is 6.29. The topological polar surface area (TPSA) is 25.8 Å². The number of aryl methyl sites for hydroxylation is 2. The Morgan fingerprint density at radius 2 is 1.60 bits per heavy atom. The van der Waals surface area contributed by atoms with Crippen molar-refractivity contribution in [2.24, 2.45) is 0 Å². The summed E-state index contributed by atoms with van der Waals surface area (Å²) in [5, 5.41) is 0. The van der Waals surface area contributed by atoms with Gasteiger partial charge in [-0.2, -0.15) is 0 Å². The maximum Gasteiger partial charge on any atom is 0.154 e. The van der Waals surface area contributed by atoms with Crippen molar-refractivity contribution >= 4 is 11.1 Å². The zero-order valence-corrected chi connectivity index (χ0v) is 12.2. The Hall–Kier alpha value is -2.22. The van der Waals surface area contributed by atoms with Crippen LogP contribution in [0.5, 0.6) is 0 Å². The first-order valence-corrected chi connectivity index (χ1v) is 6.78.